The lowest BCUT2D eigenvalue weighted by molar-refractivity contribution is 0.184. The van der Waals surface area contributed by atoms with E-state index in [4.69, 9.17) is 4.52 Å². The van der Waals surface area contributed by atoms with Crippen LogP contribution in [0.3, 0.4) is 0 Å². The van der Waals surface area contributed by atoms with Gasteiger partial charge < -0.3 is 14.7 Å². The van der Waals surface area contributed by atoms with Gasteiger partial charge in [-0.25, -0.2) is 4.79 Å². The van der Waals surface area contributed by atoms with Crippen LogP contribution in [0.15, 0.2) is 57.5 Å². The van der Waals surface area contributed by atoms with Crippen LogP contribution in [0.5, 0.6) is 0 Å². The predicted molar refractivity (Wildman–Crippen MR) is 116 cm³/mol. The molecule has 150 valence electrons. The molecule has 6 nitrogen and oxygen atoms in total. The van der Waals surface area contributed by atoms with E-state index < -0.39 is 0 Å². The Morgan fingerprint density at radius 3 is 2.83 bits per heavy atom. The van der Waals surface area contributed by atoms with E-state index in [1.54, 1.807) is 0 Å². The second-order valence-corrected chi connectivity index (χ2v) is 8.10. The Balaban J connectivity index is 1.44. The maximum Gasteiger partial charge on any atom is 0.321 e. The van der Waals surface area contributed by atoms with Crippen LogP contribution in [-0.4, -0.2) is 34.2 Å². The Morgan fingerprint density at radius 2 is 2.03 bits per heavy atom. The molecule has 2 heterocycles. The molecule has 29 heavy (non-hydrogen) atoms. The van der Waals surface area contributed by atoms with Gasteiger partial charge in [0.1, 0.15) is 0 Å². The molecular formula is C22H23BrN4O2. The number of benzene rings is 2. The van der Waals surface area contributed by atoms with Crippen LogP contribution in [0.2, 0.25) is 0 Å². The average Bonchev–Trinajstić information content (AvgIpc) is 3.25. The number of hydrogen-bond acceptors (Lipinski definition) is 4. The quantitative estimate of drug-likeness (QED) is 0.566. The Kier molecular flexibility index (Phi) is 5.94. The second kappa shape index (κ2) is 8.78. The Labute approximate surface area is 178 Å². The van der Waals surface area contributed by atoms with Crippen molar-refractivity contribution in [2.75, 3.05) is 18.4 Å². The van der Waals surface area contributed by atoms with Crippen LogP contribution in [0.1, 0.15) is 37.1 Å². The van der Waals surface area contributed by atoms with Gasteiger partial charge in [0.15, 0.2) is 0 Å². The highest BCUT2D eigenvalue weighted by Gasteiger charge is 2.29. The van der Waals surface area contributed by atoms with Gasteiger partial charge in [-0.3, -0.25) is 0 Å². The summed E-state index contributed by atoms with van der Waals surface area (Å²) in [5, 5.41) is 7.19. The van der Waals surface area contributed by atoms with Crippen molar-refractivity contribution in [2.45, 2.75) is 32.1 Å². The first-order valence-corrected chi connectivity index (χ1v) is 10.7. The van der Waals surface area contributed by atoms with Crippen molar-refractivity contribution < 1.29 is 9.32 Å². The summed E-state index contributed by atoms with van der Waals surface area (Å²) in [4.78, 5) is 19.2. The minimum atomic E-state index is -0.0803. The molecule has 1 aliphatic heterocycles. The van der Waals surface area contributed by atoms with E-state index in [0.29, 0.717) is 18.3 Å². The molecule has 1 saturated heterocycles. The number of nitrogens with one attached hydrogen (secondary N) is 1. The first-order valence-electron chi connectivity index (χ1n) is 9.87. The lowest BCUT2D eigenvalue weighted by Crippen LogP contribution is -2.41. The van der Waals surface area contributed by atoms with Gasteiger partial charge in [-0.05, 0) is 55.2 Å². The van der Waals surface area contributed by atoms with Crippen LogP contribution >= 0.6 is 15.9 Å². The van der Waals surface area contributed by atoms with Crippen molar-refractivity contribution in [2.24, 2.45) is 0 Å². The third-order valence-electron chi connectivity index (χ3n) is 5.24. The van der Waals surface area contributed by atoms with Gasteiger partial charge >= 0.3 is 6.03 Å². The molecule has 7 heteroatoms. The fourth-order valence-electron chi connectivity index (χ4n) is 3.63. The zero-order valence-electron chi connectivity index (χ0n) is 16.3. The number of nitrogens with zero attached hydrogens (tertiary/aromatic N) is 3. The maximum atomic E-state index is 12.8. The maximum absolute atomic E-state index is 12.8. The first-order chi connectivity index (χ1) is 14.1. The summed E-state index contributed by atoms with van der Waals surface area (Å²) in [7, 11) is 0. The van der Waals surface area contributed by atoms with E-state index >= 15 is 0 Å². The first kappa shape index (κ1) is 19.6. The standard InChI is InChI=1S/C22H23BrN4O2/c1-2-15-6-3-4-8-19(15)24-22(28)27-13-5-7-17(14-27)21-25-20(26-29-21)16-9-11-18(23)12-10-16/h3-4,6,8-12,17H,2,5,7,13-14H2,1H3,(H,24,28). The monoisotopic (exact) mass is 454 g/mol. The Hall–Kier alpha value is -2.67. The summed E-state index contributed by atoms with van der Waals surface area (Å²) in [5.41, 5.74) is 2.91. The molecule has 2 aromatic carbocycles. The molecule has 4 rings (SSSR count). The lowest BCUT2D eigenvalue weighted by Gasteiger charge is -2.31. The Morgan fingerprint density at radius 1 is 1.24 bits per heavy atom. The predicted octanol–water partition coefficient (Wildman–Crippen LogP) is 5.47. The molecule has 1 unspecified atom stereocenters. The molecule has 0 saturated carbocycles. The van der Waals surface area contributed by atoms with E-state index in [-0.39, 0.29) is 11.9 Å². The van der Waals surface area contributed by atoms with E-state index in [2.05, 4.69) is 38.3 Å². The van der Waals surface area contributed by atoms with Crippen LogP contribution in [-0.2, 0) is 6.42 Å². The average molecular weight is 455 g/mol. The normalized spacial score (nSPS) is 16.6. The zero-order valence-corrected chi connectivity index (χ0v) is 17.9. The molecule has 0 bridgehead atoms. The number of rotatable bonds is 4. The fourth-order valence-corrected chi connectivity index (χ4v) is 3.89. The van der Waals surface area contributed by atoms with Gasteiger partial charge in [-0.2, -0.15) is 4.98 Å². The summed E-state index contributed by atoms with van der Waals surface area (Å²) < 4.78 is 6.54. The molecule has 1 fully saturated rings. The number of anilines is 1. The minimum absolute atomic E-state index is 0.0487. The second-order valence-electron chi connectivity index (χ2n) is 7.19. The highest BCUT2D eigenvalue weighted by molar-refractivity contribution is 9.10. The number of piperidine rings is 1. The minimum Gasteiger partial charge on any atom is -0.339 e. The molecule has 0 radical (unpaired) electrons. The van der Waals surface area contributed by atoms with Crippen LogP contribution in [0.25, 0.3) is 11.4 Å². The molecule has 0 aliphatic carbocycles. The van der Waals surface area contributed by atoms with Gasteiger partial charge in [0.05, 0.1) is 5.92 Å². The topological polar surface area (TPSA) is 71.3 Å². The molecule has 1 N–H and O–H groups in total. The summed E-state index contributed by atoms with van der Waals surface area (Å²) >= 11 is 3.43. The van der Waals surface area contributed by atoms with E-state index in [9.17, 15) is 4.79 Å². The fraction of sp³-hybridized carbons (Fsp3) is 0.318. The van der Waals surface area contributed by atoms with Crippen molar-refractivity contribution in [1.29, 1.82) is 0 Å². The van der Waals surface area contributed by atoms with E-state index in [0.717, 1.165) is 47.1 Å². The summed E-state index contributed by atoms with van der Waals surface area (Å²) in [6.07, 6.45) is 2.71. The lowest BCUT2D eigenvalue weighted by atomic mass is 9.98. The van der Waals surface area contributed by atoms with Crippen molar-refractivity contribution in [3.05, 3.63) is 64.5 Å². The largest absolute Gasteiger partial charge is 0.339 e. The summed E-state index contributed by atoms with van der Waals surface area (Å²) in [5.74, 6) is 1.22. The van der Waals surface area contributed by atoms with Crippen LogP contribution < -0.4 is 5.32 Å². The van der Waals surface area contributed by atoms with Gasteiger partial charge in [-0.1, -0.05) is 46.2 Å². The third-order valence-corrected chi connectivity index (χ3v) is 5.77. The highest BCUT2D eigenvalue weighted by Crippen LogP contribution is 2.28. The number of carbonyl (C=O) groups is 1. The number of urea groups is 1. The van der Waals surface area contributed by atoms with Crippen molar-refractivity contribution in [3.8, 4) is 11.4 Å². The number of amides is 2. The molecule has 1 atom stereocenters. The van der Waals surface area contributed by atoms with Crippen LogP contribution in [0, 0.1) is 0 Å². The summed E-state index contributed by atoms with van der Waals surface area (Å²) in [6, 6.07) is 15.6. The summed E-state index contributed by atoms with van der Waals surface area (Å²) in [6.45, 7) is 3.38. The van der Waals surface area contributed by atoms with E-state index in [1.807, 2.05) is 53.4 Å². The van der Waals surface area contributed by atoms with Crippen molar-refractivity contribution in [1.82, 2.24) is 15.0 Å². The van der Waals surface area contributed by atoms with Gasteiger partial charge in [0.2, 0.25) is 11.7 Å². The molecule has 1 aromatic heterocycles. The smallest absolute Gasteiger partial charge is 0.321 e. The number of aryl methyl sites for hydroxylation is 1. The molecule has 1 aliphatic rings. The molecule has 0 spiro atoms. The van der Waals surface area contributed by atoms with Crippen LogP contribution in [0.4, 0.5) is 10.5 Å². The zero-order chi connectivity index (χ0) is 20.2. The molecule has 3 aromatic rings. The number of aromatic nitrogens is 2. The van der Waals surface area contributed by atoms with Gasteiger partial charge in [0, 0.05) is 28.8 Å². The van der Waals surface area contributed by atoms with Crippen molar-refractivity contribution >= 4 is 27.6 Å². The van der Waals surface area contributed by atoms with Crippen molar-refractivity contribution in [3.63, 3.8) is 0 Å². The number of para-hydroxylation sites is 1. The number of hydrogen-bond donors (Lipinski definition) is 1. The molecular weight excluding hydrogens is 432 g/mol. The SMILES string of the molecule is CCc1ccccc1NC(=O)N1CCCC(c2nc(-c3ccc(Br)cc3)no2)C1. The van der Waals surface area contributed by atoms with Gasteiger partial charge in [-0.15, -0.1) is 0 Å². The Bertz CT molecular complexity index is 986. The highest BCUT2D eigenvalue weighted by atomic mass is 79.9. The molecule has 2 amide bonds. The number of carbonyl (C=O) groups excluding carboxylic acids is 1. The third kappa shape index (κ3) is 4.50. The number of likely N-dealkylation sites (tertiary alicyclic amines) is 1. The van der Waals surface area contributed by atoms with Gasteiger partial charge in [0.25, 0.3) is 0 Å². The number of halogens is 1. The van der Waals surface area contributed by atoms with E-state index in [1.165, 1.54) is 0 Å².